The summed E-state index contributed by atoms with van der Waals surface area (Å²) in [6, 6.07) is 7.44. The molecule has 6 heteroatoms. The SMILES string of the molecule is CCOc1ccc(CC(CNC(=O)C2CCSCC2)C(=O)O)cc1. The van der Waals surface area contributed by atoms with E-state index in [0.29, 0.717) is 13.0 Å². The zero-order valence-electron chi connectivity index (χ0n) is 14.0. The normalized spacial score (nSPS) is 16.4. The number of nitrogens with one attached hydrogen (secondary N) is 1. The van der Waals surface area contributed by atoms with E-state index in [2.05, 4.69) is 5.32 Å². The van der Waals surface area contributed by atoms with Gasteiger partial charge in [0.05, 0.1) is 12.5 Å². The maximum atomic E-state index is 12.2. The standard InChI is InChI=1S/C18H25NO4S/c1-2-23-16-5-3-13(4-6-16)11-15(18(21)22)12-19-17(20)14-7-9-24-10-8-14/h3-6,14-15H,2,7-12H2,1H3,(H,19,20)(H,21,22). The number of carbonyl (C=O) groups is 2. The topological polar surface area (TPSA) is 75.6 Å². The first kappa shape index (κ1) is 18.6. The Labute approximate surface area is 147 Å². The molecule has 1 heterocycles. The summed E-state index contributed by atoms with van der Waals surface area (Å²) in [6.45, 7) is 2.69. The van der Waals surface area contributed by atoms with Gasteiger partial charge in [-0.1, -0.05) is 12.1 Å². The number of hydrogen-bond acceptors (Lipinski definition) is 4. The Morgan fingerprint density at radius 1 is 1.29 bits per heavy atom. The highest BCUT2D eigenvalue weighted by Gasteiger charge is 2.24. The average molecular weight is 351 g/mol. The minimum absolute atomic E-state index is 0.00626. The number of amides is 1. The Morgan fingerprint density at radius 2 is 1.96 bits per heavy atom. The highest BCUT2D eigenvalue weighted by Crippen LogP contribution is 2.23. The molecular weight excluding hydrogens is 326 g/mol. The molecule has 1 aliphatic heterocycles. The summed E-state index contributed by atoms with van der Waals surface area (Å²) in [5.41, 5.74) is 0.925. The number of thioether (sulfide) groups is 1. The van der Waals surface area contributed by atoms with E-state index in [1.54, 1.807) is 0 Å². The number of rotatable bonds is 8. The molecule has 0 aliphatic carbocycles. The zero-order valence-corrected chi connectivity index (χ0v) is 14.8. The van der Waals surface area contributed by atoms with Crippen LogP contribution in [-0.2, 0) is 16.0 Å². The molecule has 2 N–H and O–H groups in total. The fraction of sp³-hybridized carbons (Fsp3) is 0.556. The third-order valence-electron chi connectivity index (χ3n) is 4.18. The van der Waals surface area contributed by atoms with Crippen LogP contribution in [0.5, 0.6) is 5.75 Å². The van der Waals surface area contributed by atoms with Gasteiger partial charge in [0.1, 0.15) is 5.75 Å². The zero-order chi connectivity index (χ0) is 17.4. The van der Waals surface area contributed by atoms with Gasteiger partial charge in [-0.15, -0.1) is 0 Å². The monoisotopic (exact) mass is 351 g/mol. The summed E-state index contributed by atoms with van der Waals surface area (Å²) < 4.78 is 5.38. The van der Waals surface area contributed by atoms with Crippen molar-refractivity contribution in [2.24, 2.45) is 11.8 Å². The molecule has 1 aromatic carbocycles. The van der Waals surface area contributed by atoms with Crippen LogP contribution in [0.1, 0.15) is 25.3 Å². The average Bonchev–Trinajstić information content (AvgIpc) is 2.60. The lowest BCUT2D eigenvalue weighted by Crippen LogP contribution is -2.38. The van der Waals surface area contributed by atoms with Gasteiger partial charge < -0.3 is 15.2 Å². The van der Waals surface area contributed by atoms with Gasteiger partial charge in [0.2, 0.25) is 5.91 Å². The molecule has 1 atom stereocenters. The second-order valence-electron chi connectivity index (χ2n) is 5.95. The molecule has 24 heavy (non-hydrogen) atoms. The predicted molar refractivity (Wildman–Crippen MR) is 95.5 cm³/mol. The molecule has 1 aliphatic rings. The molecule has 1 saturated heterocycles. The third kappa shape index (κ3) is 5.74. The minimum Gasteiger partial charge on any atom is -0.494 e. The van der Waals surface area contributed by atoms with Gasteiger partial charge in [-0.2, -0.15) is 11.8 Å². The number of benzene rings is 1. The van der Waals surface area contributed by atoms with Gasteiger partial charge in [0.25, 0.3) is 0 Å². The maximum absolute atomic E-state index is 12.2. The van der Waals surface area contributed by atoms with E-state index in [9.17, 15) is 14.7 Å². The molecule has 0 saturated carbocycles. The van der Waals surface area contributed by atoms with Crippen LogP contribution in [0.2, 0.25) is 0 Å². The fourth-order valence-corrected chi connectivity index (χ4v) is 3.85. The molecule has 0 spiro atoms. The number of hydrogen-bond donors (Lipinski definition) is 2. The Balaban J connectivity index is 1.87. The van der Waals surface area contributed by atoms with Gasteiger partial charge in [-0.25, -0.2) is 0 Å². The molecule has 1 unspecified atom stereocenters. The quantitative estimate of drug-likeness (QED) is 0.753. The molecule has 1 fully saturated rings. The van der Waals surface area contributed by atoms with Crippen molar-refractivity contribution in [1.82, 2.24) is 5.32 Å². The van der Waals surface area contributed by atoms with Crippen molar-refractivity contribution in [1.29, 1.82) is 0 Å². The van der Waals surface area contributed by atoms with E-state index < -0.39 is 11.9 Å². The van der Waals surface area contributed by atoms with Gasteiger partial charge in [0, 0.05) is 12.5 Å². The number of carboxylic acid groups (broad SMARTS) is 1. The molecule has 5 nitrogen and oxygen atoms in total. The largest absolute Gasteiger partial charge is 0.494 e. The first-order valence-corrected chi connectivity index (χ1v) is 9.55. The Bertz CT molecular complexity index is 540. The van der Waals surface area contributed by atoms with Crippen molar-refractivity contribution >= 4 is 23.6 Å². The van der Waals surface area contributed by atoms with Crippen molar-refractivity contribution in [3.05, 3.63) is 29.8 Å². The second kappa shape index (κ2) is 9.57. The molecular formula is C18H25NO4S. The van der Waals surface area contributed by atoms with Crippen LogP contribution in [0.4, 0.5) is 0 Å². The lowest BCUT2D eigenvalue weighted by Gasteiger charge is -2.21. The molecule has 0 aromatic heterocycles. The van der Waals surface area contributed by atoms with E-state index in [-0.39, 0.29) is 18.4 Å². The molecule has 0 radical (unpaired) electrons. The minimum atomic E-state index is -0.886. The summed E-state index contributed by atoms with van der Waals surface area (Å²) in [5, 5.41) is 12.2. The Kier molecular flexibility index (Phi) is 7.43. The van der Waals surface area contributed by atoms with Crippen LogP contribution >= 0.6 is 11.8 Å². The lowest BCUT2D eigenvalue weighted by molar-refractivity contribution is -0.141. The highest BCUT2D eigenvalue weighted by atomic mass is 32.2. The van der Waals surface area contributed by atoms with Gasteiger partial charge in [-0.05, 0) is 55.4 Å². The van der Waals surface area contributed by atoms with E-state index in [1.165, 1.54) is 0 Å². The van der Waals surface area contributed by atoms with Crippen molar-refractivity contribution in [2.75, 3.05) is 24.7 Å². The number of ether oxygens (including phenoxy) is 1. The van der Waals surface area contributed by atoms with Crippen LogP contribution < -0.4 is 10.1 Å². The Hall–Kier alpha value is -1.69. The van der Waals surface area contributed by atoms with E-state index in [4.69, 9.17) is 4.74 Å². The van der Waals surface area contributed by atoms with Crippen molar-refractivity contribution < 1.29 is 19.4 Å². The molecule has 2 rings (SSSR count). The summed E-state index contributed by atoms with van der Waals surface area (Å²) in [4.78, 5) is 23.6. The van der Waals surface area contributed by atoms with Crippen LogP contribution in [-0.4, -0.2) is 41.6 Å². The van der Waals surface area contributed by atoms with Crippen molar-refractivity contribution in [3.63, 3.8) is 0 Å². The van der Waals surface area contributed by atoms with E-state index in [1.807, 2.05) is 43.0 Å². The lowest BCUT2D eigenvalue weighted by atomic mass is 9.98. The van der Waals surface area contributed by atoms with Gasteiger partial charge in [0.15, 0.2) is 0 Å². The molecule has 1 aromatic rings. The fourth-order valence-electron chi connectivity index (χ4n) is 2.75. The maximum Gasteiger partial charge on any atom is 0.308 e. The molecule has 0 bridgehead atoms. The van der Waals surface area contributed by atoms with Crippen LogP contribution in [0, 0.1) is 11.8 Å². The van der Waals surface area contributed by atoms with Crippen LogP contribution in [0.3, 0.4) is 0 Å². The molecule has 132 valence electrons. The second-order valence-corrected chi connectivity index (χ2v) is 7.17. The van der Waals surface area contributed by atoms with E-state index >= 15 is 0 Å². The van der Waals surface area contributed by atoms with Crippen molar-refractivity contribution in [3.8, 4) is 5.75 Å². The smallest absolute Gasteiger partial charge is 0.308 e. The van der Waals surface area contributed by atoms with Crippen LogP contribution in [0.15, 0.2) is 24.3 Å². The summed E-state index contributed by atoms with van der Waals surface area (Å²) in [6.07, 6.45) is 2.16. The van der Waals surface area contributed by atoms with E-state index in [0.717, 1.165) is 35.7 Å². The van der Waals surface area contributed by atoms with Crippen molar-refractivity contribution in [2.45, 2.75) is 26.2 Å². The first-order valence-electron chi connectivity index (χ1n) is 8.40. The highest BCUT2D eigenvalue weighted by molar-refractivity contribution is 7.99. The van der Waals surface area contributed by atoms with Gasteiger partial charge >= 0.3 is 5.97 Å². The predicted octanol–water partition coefficient (Wildman–Crippen LogP) is 2.59. The van der Waals surface area contributed by atoms with Crippen LogP contribution in [0.25, 0.3) is 0 Å². The number of carbonyl (C=O) groups excluding carboxylic acids is 1. The van der Waals surface area contributed by atoms with Gasteiger partial charge in [-0.3, -0.25) is 9.59 Å². The summed E-state index contributed by atoms with van der Waals surface area (Å²) in [5.74, 6) is 1.31. The summed E-state index contributed by atoms with van der Waals surface area (Å²) in [7, 11) is 0. The third-order valence-corrected chi connectivity index (χ3v) is 5.23. The number of carboxylic acids is 1. The summed E-state index contributed by atoms with van der Waals surface area (Å²) >= 11 is 1.87. The molecule has 1 amide bonds. The first-order chi connectivity index (χ1) is 11.6. The Morgan fingerprint density at radius 3 is 2.54 bits per heavy atom. The number of aliphatic carboxylic acids is 1.